The summed E-state index contributed by atoms with van der Waals surface area (Å²) in [5.41, 5.74) is 3.28. The molecular weight excluding hydrogens is 502 g/mol. The second-order valence-corrected chi connectivity index (χ2v) is 9.07. The highest BCUT2D eigenvalue weighted by atomic mass is 79.9. The molecule has 0 aliphatic carbocycles. The van der Waals surface area contributed by atoms with Crippen LogP contribution in [0.1, 0.15) is 6.42 Å². The molecule has 3 aromatic carbocycles. The van der Waals surface area contributed by atoms with Gasteiger partial charge in [0.25, 0.3) is 5.95 Å². The molecule has 0 radical (unpaired) electrons. The van der Waals surface area contributed by atoms with Crippen LogP contribution in [0.4, 0.5) is 5.69 Å². The summed E-state index contributed by atoms with van der Waals surface area (Å²) in [5, 5.41) is 20.9. The van der Waals surface area contributed by atoms with Gasteiger partial charge in [-0.1, -0.05) is 63.2 Å². The number of rotatable bonds is 7. The zero-order chi connectivity index (χ0) is 22.6. The Balaban J connectivity index is 1.38. The summed E-state index contributed by atoms with van der Waals surface area (Å²) in [5.74, 6) is 1.03. The van der Waals surface area contributed by atoms with Crippen molar-refractivity contribution in [3.63, 3.8) is 0 Å². The van der Waals surface area contributed by atoms with E-state index < -0.39 is 0 Å². The molecule has 10 heteroatoms. The number of hydrogen-bond acceptors (Lipinski definition) is 6. The lowest BCUT2D eigenvalue weighted by Crippen LogP contribution is -2.12. The number of nitrogens with one attached hydrogen (secondary N) is 1. The molecule has 0 saturated heterocycles. The summed E-state index contributed by atoms with van der Waals surface area (Å²) < 4.78 is 4.57. The fraction of sp³-hybridized carbons (Fsp3) is 0.0870. The molecule has 0 aliphatic rings. The van der Waals surface area contributed by atoms with E-state index in [4.69, 9.17) is 0 Å². The first-order chi connectivity index (χ1) is 16.2. The monoisotopic (exact) mass is 519 g/mol. The Kier molecular flexibility index (Phi) is 6.18. The number of fused-ring (bicyclic) bond motifs is 1. The van der Waals surface area contributed by atoms with Gasteiger partial charge in [0, 0.05) is 22.3 Å². The van der Waals surface area contributed by atoms with Gasteiger partial charge in [-0.2, -0.15) is 4.68 Å². The molecule has 0 atom stereocenters. The number of aromatic nitrogens is 6. The van der Waals surface area contributed by atoms with Crippen LogP contribution in [0.3, 0.4) is 0 Å². The molecule has 0 saturated carbocycles. The number of hydrogen-bond donors (Lipinski definition) is 1. The van der Waals surface area contributed by atoms with Crippen molar-refractivity contribution in [3.8, 4) is 11.6 Å². The molecule has 2 heterocycles. The molecule has 1 amide bonds. The summed E-state index contributed by atoms with van der Waals surface area (Å²) in [6.07, 6.45) is 0.337. The van der Waals surface area contributed by atoms with Crippen molar-refractivity contribution in [2.24, 2.45) is 0 Å². The third-order valence-corrected chi connectivity index (χ3v) is 6.32. The van der Waals surface area contributed by atoms with Gasteiger partial charge in [0.15, 0.2) is 5.16 Å². The summed E-state index contributed by atoms with van der Waals surface area (Å²) in [6, 6.07) is 25.0. The topological polar surface area (TPSA) is 90.5 Å². The van der Waals surface area contributed by atoms with E-state index in [-0.39, 0.29) is 5.91 Å². The Labute approximate surface area is 202 Å². The molecule has 0 spiro atoms. The Morgan fingerprint density at radius 2 is 1.67 bits per heavy atom. The summed E-state index contributed by atoms with van der Waals surface area (Å²) in [7, 11) is 0. The molecule has 164 valence electrons. The lowest BCUT2D eigenvalue weighted by atomic mass is 10.3. The maximum Gasteiger partial charge on any atom is 0.259 e. The number of nitrogens with zero attached hydrogens (tertiary/aromatic N) is 6. The molecule has 33 heavy (non-hydrogen) atoms. The van der Waals surface area contributed by atoms with Crippen LogP contribution in [0.2, 0.25) is 0 Å². The number of anilines is 1. The fourth-order valence-electron chi connectivity index (χ4n) is 3.30. The van der Waals surface area contributed by atoms with E-state index in [9.17, 15) is 4.79 Å². The predicted octanol–water partition coefficient (Wildman–Crippen LogP) is 4.88. The smallest absolute Gasteiger partial charge is 0.259 e. The predicted molar refractivity (Wildman–Crippen MR) is 132 cm³/mol. The molecule has 2 aromatic heterocycles. The third kappa shape index (κ3) is 4.67. The van der Waals surface area contributed by atoms with Gasteiger partial charge in [0.05, 0.1) is 11.2 Å². The standard InChI is InChI=1S/C23H18BrN7OS/c24-16-10-12-17(13-11-16)25-21(32)14-15-33-23-28-27-22(30(23)18-6-2-1-3-7-18)31-20-9-5-4-8-19(20)26-29-31/h1-13H,14-15H2,(H,25,32). The van der Waals surface area contributed by atoms with Crippen LogP contribution >= 0.6 is 27.7 Å². The van der Waals surface area contributed by atoms with Crippen molar-refractivity contribution in [1.29, 1.82) is 0 Å². The molecule has 5 rings (SSSR count). The summed E-state index contributed by atoms with van der Waals surface area (Å²) in [4.78, 5) is 12.4. The van der Waals surface area contributed by atoms with Crippen LogP contribution < -0.4 is 5.32 Å². The minimum atomic E-state index is -0.0573. The van der Waals surface area contributed by atoms with Crippen molar-refractivity contribution < 1.29 is 4.79 Å². The van der Waals surface area contributed by atoms with Gasteiger partial charge in [-0.25, -0.2) is 0 Å². The van der Waals surface area contributed by atoms with E-state index in [1.165, 1.54) is 11.8 Å². The lowest BCUT2D eigenvalue weighted by molar-refractivity contribution is -0.115. The molecular formula is C23H18BrN7OS. The number of amides is 1. The Hall–Kier alpha value is -3.50. The molecule has 5 aromatic rings. The molecule has 1 N–H and O–H groups in total. The average Bonchev–Trinajstić information content (AvgIpc) is 3.45. The zero-order valence-electron chi connectivity index (χ0n) is 17.3. The van der Waals surface area contributed by atoms with Crippen LogP contribution in [0, 0.1) is 0 Å². The lowest BCUT2D eigenvalue weighted by Gasteiger charge is -2.10. The summed E-state index contributed by atoms with van der Waals surface area (Å²) in [6.45, 7) is 0. The van der Waals surface area contributed by atoms with Crippen molar-refractivity contribution in [2.75, 3.05) is 11.1 Å². The van der Waals surface area contributed by atoms with Crippen LogP contribution in [0.15, 0.2) is 88.5 Å². The quantitative estimate of drug-likeness (QED) is 0.308. The van der Waals surface area contributed by atoms with E-state index in [1.807, 2.05) is 83.4 Å². The second-order valence-electron chi connectivity index (χ2n) is 7.10. The van der Waals surface area contributed by atoms with Gasteiger partial charge >= 0.3 is 0 Å². The second kappa shape index (κ2) is 9.55. The first-order valence-electron chi connectivity index (χ1n) is 10.2. The zero-order valence-corrected chi connectivity index (χ0v) is 19.7. The molecule has 0 aliphatic heterocycles. The number of halogens is 1. The fourth-order valence-corrected chi connectivity index (χ4v) is 4.45. The van der Waals surface area contributed by atoms with Crippen LogP contribution in [0.5, 0.6) is 0 Å². The highest BCUT2D eigenvalue weighted by molar-refractivity contribution is 9.10. The van der Waals surface area contributed by atoms with Crippen molar-refractivity contribution in [2.45, 2.75) is 11.6 Å². The summed E-state index contributed by atoms with van der Waals surface area (Å²) >= 11 is 4.86. The first-order valence-corrected chi connectivity index (χ1v) is 12.0. The van der Waals surface area contributed by atoms with Crippen molar-refractivity contribution in [1.82, 2.24) is 29.8 Å². The van der Waals surface area contributed by atoms with Crippen LogP contribution in [-0.4, -0.2) is 41.4 Å². The van der Waals surface area contributed by atoms with Gasteiger partial charge in [0.2, 0.25) is 5.91 Å². The number of carbonyl (C=O) groups excluding carboxylic acids is 1. The highest BCUT2D eigenvalue weighted by Crippen LogP contribution is 2.26. The highest BCUT2D eigenvalue weighted by Gasteiger charge is 2.19. The first kappa shape index (κ1) is 21.4. The Bertz CT molecular complexity index is 1400. The van der Waals surface area contributed by atoms with Gasteiger partial charge in [-0.05, 0) is 48.5 Å². The molecule has 0 fully saturated rings. The minimum absolute atomic E-state index is 0.0573. The van der Waals surface area contributed by atoms with E-state index in [1.54, 1.807) is 4.68 Å². The Morgan fingerprint density at radius 3 is 2.48 bits per heavy atom. The number of thioether (sulfide) groups is 1. The van der Waals surface area contributed by atoms with Gasteiger partial charge in [-0.3, -0.25) is 9.36 Å². The van der Waals surface area contributed by atoms with Gasteiger partial charge < -0.3 is 5.32 Å². The van der Waals surface area contributed by atoms with Crippen molar-refractivity contribution >= 4 is 50.3 Å². The maximum atomic E-state index is 12.4. The van der Waals surface area contributed by atoms with E-state index in [2.05, 4.69) is 41.8 Å². The number of benzene rings is 3. The SMILES string of the molecule is O=C(CCSc1nnc(-n2nnc3ccccc32)n1-c1ccccc1)Nc1ccc(Br)cc1. The number of para-hydroxylation sites is 2. The van der Waals surface area contributed by atoms with Crippen LogP contribution in [0.25, 0.3) is 22.7 Å². The van der Waals surface area contributed by atoms with Gasteiger partial charge in [0.1, 0.15) is 5.52 Å². The van der Waals surface area contributed by atoms with Crippen molar-refractivity contribution in [3.05, 3.63) is 83.3 Å². The van der Waals surface area contributed by atoms with E-state index in [0.717, 1.165) is 26.9 Å². The van der Waals surface area contributed by atoms with E-state index >= 15 is 0 Å². The van der Waals surface area contributed by atoms with Gasteiger partial charge in [-0.15, -0.1) is 15.3 Å². The van der Waals surface area contributed by atoms with Crippen LogP contribution in [-0.2, 0) is 4.79 Å². The average molecular weight is 520 g/mol. The van der Waals surface area contributed by atoms with E-state index in [0.29, 0.717) is 23.3 Å². The normalized spacial score (nSPS) is 11.1. The number of carbonyl (C=O) groups is 1. The maximum absolute atomic E-state index is 12.4. The molecule has 0 bridgehead atoms. The third-order valence-electron chi connectivity index (χ3n) is 4.86. The minimum Gasteiger partial charge on any atom is -0.326 e. The Morgan fingerprint density at radius 1 is 0.909 bits per heavy atom. The molecule has 0 unspecified atom stereocenters. The molecule has 8 nitrogen and oxygen atoms in total. The largest absolute Gasteiger partial charge is 0.326 e.